The molecule has 2 heterocycles. The van der Waals surface area contributed by atoms with Gasteiger partial charge in [0.2, 0.25) is 5.91 Å². The van der Waals surface area contributed by atoms with Gasteiger partial charge in [0.25, 0.3) is 5.91 Å². The number of aromatic nitrogens is 3. The van der Waals surface area contributed by atoms with Crippen LogP contribution in [0.25, 0.3) is 5.65 Å². The maximum absolute atomic E-state index is 12.4. The molecule has 0 saturated carbocycles. The molecule has 0 radical (unpaired) electrons. The molecule has 10 heteroatoms. The average molecular weight is 430 g/mol. The molecule has 1 aromatic carbocycles. The summed E-state index contributed by atoms with van der Waals surface area (Å²) in [6, 6.07) is 4.58. The number of primary amides is 1. The van der Waals surface area contributed by atoms with Crippen molar-refractivity contribution >= 4 is 40.7 Å². The van der Waals surface area contributed by atoms with Gasteiger partial charge in [-0.25, -0.2) is 14.3 Å². The Labute approximate surface area is 177 Å². The van der Waals surface area contributed by atoms with Crippen LogP contribution in [0.5, 0.6) is 0 Å². The number of nitrogens with two attached hydrogens (primary N) is 1. The third-order valence-corrected chi connectivity index (χ3v) is 5.06. The van der Waals surface area contributed by atoms with Gasteiger partial charge in [0, 0.05) is 23.5 Å². The largest absolute Gasteiger partial charge is 0.465 e. The van der Waals surface area contributed by atoms with Crippen LogP contribution in [0.15, 0.2) is 24.4 Å². The maximum atomic E-state index is 12.4. The predicted molar refractivity (Wildman–Crippen MR) is 111 cm³/mol. The smallest absolute Gasteiger partial charge is 0.339 e. The number of esters is 1. The minimum atomic E-state index is -0.599. The molecule has 0 atom stereocenters. The van der Waals surface area contributed by atoms with Crippen LogP contribution in [0, 0.1) is 13.8 Å². The molecule has 2 aromatic heterocycles. The molecule has 9 nitrogen and oxygen atoms in total. The predicted octanol–water partition coefficient (Wildman–Crippen LogP) is 2.46. The van der Waals surface area contributed by atoms with E-state index in [1.54, 1.807) is 17.5 Å². The Morgan fingerprint density at radius 1 is 1.23 bits per heavy atom. The molecule has 30 heavy (non-hydrogen) atoms. The van der Waals surface area contributed by atoms with Crippen LogP contribution in [-0.4, -0.2) is 39.5 Å². The van der Waals surface area contributed by atoms with Crippen molar-refractivity contribution in [2.75, 3.05) is 12.4 Å². The van der Waals surface area contributed by atoms with Crippen molar-refractivity contribution < 1.29 is 19.1 Å². The van der Waals surface area contributed by atoms with Crippen LogP contribution in [-0.2, 0) is 16.0 Å². The van der Waals surface area contributed by atoms with Crippen molar-refractivity contribution in [3.8, 4) is 0 Å². The number of carbonyl (C=O) groups excluding carboxylic acids is 3. The van der Waals surface area contributed by atoms with E-state index >= 15 is 0 Å². The van der Waals surface area contributed by atoms with Crippen molar-refractivity contribution in [1.29, 1.82) is 0 Å². The molecule has 0 bridgehead atoms. The van der Waals surface area contributed by atoms with Crippen molar-refractivity contribution in [3.05, 3.63) is 57.5 Å². The van der Waals surface area contributed by atoms with Crippen LogP contribution in [0.1, 0.15) is 44.1 Å². The summed E-state index contributed by atoms with van der Waals surface area (Å²) in [4.78, 5) is 40.1. The number of amides is 2. The van der Waals surface area contributed by atoms with E-state index in [1.165, 1.54) is 25.4 Å². The molecule has 3 rings (SSSR count). The Morgan fingerprint density at radius 2 is 1.97 bits per heavy atom. The molecular formula is C20H20ClN5O4. The quantitative estimate of drug-likeness (QED) is 0.579. The van der Waals surface area contributed by atoms with Crippen LogP contribution in [0.3, 0.4) is 0 Å². The van der Waals surface area contributed by atoms with Gasteiger partial charge >= 0.3 is 5.97 Å². The van der Waals surface area contributed by atoms with Gasteiger partial charge in [-0.05, 0) is 44.0 Å². The highest BCUT2D eigenvalue weighted by atomic mass is 35.5. The van der Waals surface area contributed by atoms with E-state index in [2.05, 4.69) is 20.1 Å². The first-order valence-electron chi connectivity index (χ1n) is 9.04. The van der Waals surface area contributed by atoms with E-state index in [4.69, 9.17) is 17.3 Å². The van der Waals surface area contributed by atoms with Gasteiger partial charge in [0.15, 0.2) is 5.65 Å². The van der Waals surface area contributed by atoms with E-state index in [0.717, 1.165) is 11.3 Å². The first-order chi connectivity index (χ1) is 14.2. The average Bonchev–Trinajstić information content (AvgIpc) is 3.12. The summed E-state index contributed by atoms with van der Waals surface area (Å²) in [7, 11) is 1.26. The van der Waals surface area contributed by atoms with Gasteiger partial charge in [-0.2, -0.15) is 5.10 Å². The van der Waals surface area contributed by atoms with Crippen LogP contribution < -0.4 is 11.1 Å². The number of benzene rings is 1. The van der Waals surface area contributed by atoms with E-state index in [-0.39, 0.29) is 28.5 Å². The number of methoxy groups -OCH3 is 1. The summed E-state index contributed by atoms with van der Waals surface area (Å²) in [5, 5.41) is 7.16. The molecule has 0 aliphatic carbocycles. The fourth-order valence-corrected chi connectivity index (χ4v) is 3.37. The minimum Gasteiger partial charge on any atom is -0.465 e. The van der Waals surface area contributed by atoms with Crippen molar-refractivity contribution in [3.63, 3.8) is 0 Å². The van der Waals surface area contributed by atoms with Crippen molar-refractivity contribution in [2.45, 2.75) is 26.7 Å². The molecule has 0 spiro atoms. The third kappa shape index (κ3) is 4.11. The topological polar surface area (TPSA) is 129 Å². The lowest BCUT2D eigenvalue weighted by Crippen LogP contribution is -2.15. The Hall–Kier alpha value is -3.46. The highest BCUT2D eigenvalue weighted by molar-refractivity contribution is 6.33. The number of carbonyl (C=O) groups is 3. The van der Waals surface area contributed by atoms with Gasteiger partial charge in [0.05, 0.1) is 23.9 Å². The Bertz CT molecular complexity index is 1170. The molecule has 0 saturated heterocycles. The van der Waals surface area contributed by atoms with Crippen LogP contribution in [0.4, 0.5) is 5.69 Å². The number of ether oxygens (including phenoxy) is 1. The number of fused-ring (bicyclic) bond motifs is 1. The van der Waals surface area contributed by atoms with Gasteiger partial charge in [-0.15, -0.1) is 0 Å². The molecule has 0 unspecified atom stereocenters. The summed E-state index contributed by atoms with van der Waals surface area (Å²) in [5.74, 6) is -1.43. The SMILES string of the molecule is COC(=O)c1cc(NC(=O)CCc2c(C)nc3c(C(N)=O)cnn3c2C)ccc1Cl. The molecular weight excluding hydrogens is 410 g/mol. The lowest BCUT2D eigenvalue weighted by atomic mass is 10.1. The number of halogens is 1. The zero-order valence-electron chi connectivity index (χ0n) is 16.7. The normalized spacial score (nSPS) is 10.8. The Kier molecular flexibility index (Phi) is 6.02. The third-order valence-electron chi connectivity index (χ3n) is 4.73. The van der Waals surface area contributed by atoms with E-state index < -0.39 is 11.9 Å². The van der Waals surface area contributed by atoms with Gasteiger partial charge in [0.1, 0.15) is 5.56 Å². The molecule has 3 aromatic rings. The van der Waals surface area contributed by atoms with Gasteiger partial charge in [-0.1, -0.05) is 11.6 Å². The fraction of sp³-hybridized carbons (Fsp3) is 0.250. The zero-order chi connectivity index (χ0) is 22.0. The number of anilines is 1. The first kappa shape index (κ1) is 21.3. The molecule has 3 N–H and O–H groups in total. The number of nitrogens with zero attached hydrogens (tertiary/aromatic N) is 3. The summed E-state index contributed by atoms with van der Waals surface area (Å²) >= 11 is 5.99. The lowest BCUT2D eigenvalue weighted by Gasteiger charge is -2.12. The fourth-order valence-electron chi connectivity index (χ4n) is 3.18. The second-order valence-electron chi connectivity index (χ2n) is 6.65. The number of rotatable bonds is 6. The summed E-state index contributed by atoms with van der Waals surface area (Å²) in [6.07, 6.45) is 1.97. The number of nitrogens with one attached hydrogen (secondary N) is 1. The highest BCUT2D eigenvalue weighted by Gasteiger charge is 2.17. The van der Waals surface area contributed by atoms with Crippen molar-refractivity contribution in [2.24, 2.45) is 5.73 Å². The highest BCUT2D eigenvalue weighted by Crippen LogP contribution is 2.22. The van der Waals surface area contributed by atoms with Gasteiger partial charge in [-0.3, -0.25) is 9.59 Å². The number of hydrogen-bond acceptors (Lipinski definition) is 6. The van der Waals surface area contributed by atoms with Gasteiger partial charge < -0.3 is 15.8 Å². The standard InChI is InChI=1S/C20H20ClN5O4/c1-10-13(11(2)26-19(24-10)15(9-23-26)18(22)28)5-7-17(27)25-12-4-6-16(21)14(8-12)20(29)30-3/h4,6,8-9H,5,7H2,1-3H3,(H2,22,28)(H,25,27). The minimum absolute atomic E-state index is 0.169. The van der Waals surface area contributed by atoms with E-state index in [0.29, 0.717) is 23.4 Å². The monoisotopic (exact) mass is 429 g/mol. The second-order valence-corrected chi connectivity index (χ2v) is 7.06. The van der Waals surface area contributed by atoms with Crippen LogP contribution in [0.2, 0.25) is 5.02 Å². The molecule has 156 valence electrons. The van der Waals surface area contributed by atoms with Crippen molar-refractivity contribution in [1.82, 2.24) is 14.6 Å². The Balaban J connectivity index is 1.76. The maximum Gasteiger partial charge on any atom is 0.339 e. The lowest BCUT2D eigenvalue weighted by molar-refractivity contribution is -0.116. The Morgan fingerprint density at radius 3 is 2.63 bits per heavy atom. The molecule has 0 aliphatic heterocycles. The molecule has 0 fully saturated rings. The number of hydrogen-bond donors (Lipinski definition) is 2. The molecule has 0 aliphatic rings. The zero-order valence-corrected chi connectivity index (χ0v) is 17.4. The summed E-state index contributed by atoms with van der Waals surface area (Å²) < 4.78 is 6.22. The van der Waals surface area contributed by atoms with E-state index in [1.807, 2.05) is 6.92 Å². The van der Waals surface area contributed by atoms with Crippen LogP contribution >= 0.6 is 11.6 Å². The second kappa shape index (κ2) is 8.50. The molecule has 2 amide bonds. The van der Waals surface area contributed by atoms with E-state index in [9.17, 15) is 14.4 Å². The summed E-state index contributed by atoms with van der Waals surface area (Å²) in [5.41, 5.74) is 8.91. The number of aryl methyl sites for hydroxylation is 2. The summed E-state index contributed by atoms with van der Waals surface area (Å²) in [6.45, 7) is 3.65. The first-order valence-corrected chi connectivity index (χ1v) is 9.42.